The van der Waals surface area contributed by atoms with E-state index in [0.717, 1.165) is 24.8 Å². The first-order chi connectivity index (χ1) is 16.1. The lowest BCUT2D eigenvalue weighted by Gasteiger charge is -2.26. The normalized spacial score (nSPS) is 15.6. The van der Waals surface area contributed by atoms with E-state index >= 15 is 0 Å². The van der Waals surface area contributed by atoms with E-state index in [9.17, 15) is 18.0 Å². The third-order valence-corrected chi connectivity index (χ3v) is 7.90. The van der Waals surface area contributed by atoms with Crippen LogP contribution in [0, 0.1) is 12.8 Å². The fraction of sp³-hybridized carbons (Fsp3) is 0.440. The van der Waals surface area contributed by atoms with Gasteiger partial charge in [0.05, 0.1) is 12.0 Å². The number of carbonyl (C=O) groups excluding carboxylic acids is 2. The van der Waals surface area contributed by atoms with Gasteiger partial charge in [0.25, 0.3) is 5.91 Å². The van der Waals surface area contributed by atoms with Crippen molar-refractivity contribution in [1.29, 1.82) is 0 Å². The molecule has 1 aliphatic heterocycles. The zero-order valence-electron chi connectivity index (χ0n) is 20.1. The van der Waals surface area contributed by atoms with Gasteiger partial charge in [-0.15, -0.1) is 0 Å². The molecular formula is C25H33N3O5S. The Balaban J connectivity index is 1.77. The van der Waals surface area contributed by atoms with Gasteiger partial charge in [0.15, 0.2) is 0 Å². The minimum Gasteiger partial charge on any atom is -0.497 e. The summed E-state index contributed by atoms with van der Waals surface area (Å²) in [6.45, 7) is 6.48. The molecular weight excluding hydrogens is 454 g/mol. The molecule has 1 atom stereocenters. The molecule has 9 heteroatoms. The second-order valence-corrected chi connectivity index (χ2v) is 10.8. The molecule has 3 rings (SSSR count). The third kappa shape index (κ3) is 5.95. The van der Waals surface area contributed by atoms with Gasteiger partial charge in [-0.25, -0.2) is 8.42 Å². The maximum absolute atomic E-state index is 13.1. The van der Waals surface area contributed by atoms with E-state index in [4.69, 9.17) is 4.74 Å². The van der Waals surface area contributed by atoms with E-state index in [0.29, 0.717) is 30.1 Å². The fourth-order valence-electron chi connectivity index (χ4n) is 3.86. The van der Waals surface area contributed by atoms with Crippen molar-refractivity contribution in [3.05, 3.63) is 53.6 Å². The Labute approximate surface area is 201 Å². The lowest BCUT2D eigenvalue weighted by atomic mass is 10.0. The van der Waals surface area contributed by atoms with Crippen LogP contribution in [0.5, 0.6) is 5.75 Å². The monoisotopic (exact) mass is 487 g/mol. The highest BCUT2D eigenvalue weighted by Gasteiger charge is 2.28. The van der Waals surface area contributed by atoms with Crippen molar-refractivity contribution < 1.29 is 22.7 Å². The molecule has 0 spiro atoms. The number of rotatable bonds is 8. The van der Waals surface area contributed by atoms with Gasteiger partial charge < -0.3 is 15.4 Å². The van der Waals surface area contributed by atoms with Gasteiger partial charge in [0.1, 0.15) is 11.8 Å². The highest BCUT2D eigenvalue weighted by atomic mass is 32.2. The van der Waals surface area contributed by atoms with Crippen LogP contribution < -0.4 is 15.4 Å². The van der Waals surface area contributed by atoms with Crippen LogP contribution in [0.4, 0.5) is 5.69 Å². The fourth-order valence-corrected chi connectivity index (χ4v) is 5.41. The van der Waals surface area contributed by atoms with Crippen LogP contribution in [0.2, 0.25) is 0 Å². The predicted molar refractivity (Wildman–Crippen MR) is 132 cm³/mol. The zero-order valence-corrected chi connectivity index (χ0v) is 20.9. The molecule has 2 amide bonds. The van der Waals surface area contributed by atoms with Crippen LogP contribution in [0.15, 0.2) is 47.4 Å². The van der Waals surface area contributed by atoms with E-state index in [-0.39, 0.29) is 16.7 Å². The van der Waals surface area contributed by atoms with Gasteiger partial charge >= 0.3 is 0 Å². The quantitative estimate of drug-likeness (QED) is 0.592. The van der Waals surface area contributed by atoms with E-state index < -0.39 is 22.0 Å². The number of amides is 2. The van der Waals surface area contributed by atoms with E-state index in [1.807, 2.05) is 13.8 Å². The van der Waals surface area contributed by atoms with Crippen molar-refractivity contribution in [2.75, 3.05) is 25.5 Å². The smallest absolute Gasteiger partial charge is 0.251 e. The topological polar surface area (TPSA) is 105 Å². The Bertz CT molecular complexity index is 1120. The van der Waals surface area contributed by atoms with Crippen LogP contribution in [0.25, 0.3) is 0 Å². The summed E-state index contributed by atoms with van der Waals surface area (Å²) in [5.41, 5.74) is 1.55. The lowest BCUT2D eigenvalue weighted by Crippen LogP contribution is -2.47. The number of carbonyl (C=O) groups is 2. The van der Waals surface area contributed by atoms with Crippen molar-refractivity contribution in [3.8, 4) is 5.75 Å². The number of anilines is 1. The number of aryl methyl sites for hydroxylation is 1. The molecule has 1 aliphatic rings. The summed E-state index contributed by atoms with van der Waals surface area (Å²) in [7, 11) is -2.09. The van der Waals surface area contributed by atoms with Crippen molar-refractivity contribution in [2.45, 2.75) is 51.0 Å². The molecule has 184 valence electrons. The number of methoxy groups -OCH3 is 1. The summed E-state index contributed by atoms with van der Waals surface area (Å²) in [4.78, 5) is 26.0. The molecule has 34 heavy (non-hydrogen) atoms. The molecule has 0 bridgehead atoms. The molecule has 0 radical (unpaired) electrons. The van der Waals surface area contributed by atoms with E-state index in [1.54, 1.807) is 50.4 Å². The Hall–Kier alpha value is -2.91. The number of hydrogen-bond donors (Lipinski definition) is 2. The Morgan fingerprint density at radius 1 is 1.00 bits per heavy atom. The number of benzene rings is 2. The van der Waals surface area contributed by atoms with Crippen LogP contribution in [-0.4, -0.2) is 50.8 Å². The van der Waals surface area contributed by atoms with Crippen LogP contribution in [-0.2, 0) is 14.8 Å². The van der Waals surface area contributed by atoms with Crippen molar-refractivity contribution >= 4 is 27.5 Å². The average Bonchev–Trinajstić information content (AvgIpc) is 2.83. The van der Waals surface area contributed by atoms with Gasteiger partial charge in [-0.05, 0) is 67.6 Å². The highest BCUT2D eigenvalue weighted by Crippen LogP contribution is 2.25. The molecule has 1 saturated heterocycles. The zero-order chi connectivity index (χ0) is 24.9. The molecule has 0 aromatic heterocycles. The number of piperidine rings is 1. The van der Waals surface area contributed by atoms with E-state index in [1.165, 1.54) is 10.4 Å². The number of nitrogens with one attached hydrogen (secondary N) is 2. The average molecular weight is 488 g/mol. The molecule has 2 aromatic rings. The molecule has 0 aliphatic carbocycles. The van der Waals surface area contributed by atoms with Gasteiger partial charge in [-0.1, -0.05) is 26.3 Å². The summed E-state index contributed by atoms with van der Waals surface area (Å²) in [6.07, 6.45) is 2.72. The number of nitrogens with zero attached hydrogens (tertiary/aromatic N) is 1. The SMILES string of the molecule is COc1ccc(C(=O)NC(C(=O)Nc2cc(S(=O)(=O)N3CCCCC3)ccc2C)C(C)C)cc1. The molecule has 1 unspecified atom stereocenters. The van der Waals surface area contributed by atoms with Crippen molar-refractivity contribution in [2.24, 2.45) is 5.92 Å². The summed E-state index contributed by atoms with van der Waals surface area (Å²) < 4.78 is 32.8. The summed E-state index contributed by atoms with van der Waals surface area (Å²) >= 11 is 0. The Kier molecular flexibility index (Phi) is 8.33. The maximum Gasteiger partial charge on any atom is 0.251 e. The molecule has 1 heterocycles. The highest BCUT2D eigenvalue weighted by molar-refractivity contribution is 7.89. The minimum atomic E-state index is -3.63. The van der Waals surface area contributed by atoms with Gasteiger partial charge in [-0.2, -0.15) is 4.31 Å². The van der Waals surface area contributed by atoms with Crippen LogP contribution >= 0.6 is 0 Å². The van der Waals surface area contributed by atoms with Crippen molar-refractivity contribution in [3.63, 3.8) is 0 Å². The second kappa shape index (κ2) is 11.0. The van der Waals surface area contributed by atoms with Crippen LogP contribution in [0.1, 0.15) is 49.0 Å². The summed E-state index contributed by atoms with van der Waals surface area (Å²) in [6, 6.07) is 10.6. The molecule has 2 N–H and O–H groups in total. The standard InChI is InChI=1S/C25H33N3O5S/c1-17(2)23(27-24(29)19-9-11-20(33-4)12-10-19)25(30)26-22-16-21(13-8-18(22)3)34(31,32)28-14-6-5-7-15-28/h8-13,16-17,23H,5-7,14-15H2,1-4H3,(H,26,30)(H,27,29). The number of hydrogen-bond acceptors (Lipinski definition) is 5. The van der Waals surface area contributed by atoms with Gasteiger partial charge in [-0.3, -0.25) is 9.59 Å². The largest absolute Gasteiger partial charge is 0.497 e. The summed E-state index contributed by atoms with van der Waals surface area (Å²) in [5, 5.41) is 5.61. The third-order valence-electron chi connectivity index (χ3n) is 6.01. The summed E-state index contributed by atoms with van der Waals surface area (Å²) in [5.74, 6) is -0.352. The maximum atomic E-state index is 13.1. The first-order valence-corrected chi connectivity index (χ1v) is 12.9. The first kappa shape index (κ1) is 25.7. The molecule has 0 saturated carbocycles. The first-order valence-electron chi connectivity index (χ1n) is 11.5. The molecule has 2 aromatic carbocycles. The molecule has 1 fully saturated rings. The van der Waals surface area contributed by atoms with Gasteiger partial charge in [0, 0.05) is 24.3 Å². The number of ether oxygens (including phenoxy) is 1. The van der Waals surface area contributed by atoms with Gasteiger partial charge in [0.2, 0.25) is 15.9 Å². The second-order valence-electron chi connectivity index (χ2n) is 8.85. The van der Waals surface area contributed by atoms with Crippen LogP contribution in [0.3, 0.4) is 0 Å². The Morgan fingerprint density at radius 2 is 1.65 bits per heavy atom. The van der Waals surface area contributed by atoms with Crippen molar-refractivity contribution in [1.82, 2.24) is 9.62 Å². The Morgan fingerprint density at radius 3 is 2.24 bits per heavy atom. The van der Waals surface area contributed by atoms with E-state index in [2.05, 4.69) is 10.6 Å². The predicted octanol–water partition coefficient (Wildman–Crippen LogP) is 3.57. The lowest BCUT2D eigenvalue weighted by molar-refractivity contribution is -0.118. The minimum absolute atomic E-state index is 0.152. The molecule has 8 nitrogen and oxygen atoms in total. The number of sulfonamides is 1.